The first-order valence-electron chi connectivity index (χ1n) is 6.66. The molecule has 0 aliphatic heterocycles. The van der Waals surface area contributed by atoms with Crippen LogP contribution in [0.5, 0.6) is 5.75 Å². The maximum absolute atomic E-state index is 6.16. The third-order valence-electron chi connectivity index (χ3n) is 2.65. The second-order valence-corrected chi connectivity index (χ2v) is 5.26. The predicted molar refractivity (Wildman–Crippen MR) is 89.9 cm³/mol. The first kappa shape index (κ1) is 15.7. The van der Waals surface area contributed by atoms with E-state index in [0.29, 0.717) is 22.4 Å². The van der Waals surface area contributed by atoms with Gasteiger partial charge in [0.2, 0.25) is 0 Å². The van der Waals surface area contributed by atoms with Crippen LogP contribution in [0.2, 0.25) is 10.0 Å². The molecule has 0 aliphatic rings. The van der Waals surface area contributed by atoms with Gasteiger partial charge in [-0.15, -0.1) is 0 Å². The Kier molecular flexibility index (Phi) is 5.90. The molecule has 0 saturated heterocycles. The number of ether oxygens (including phenoxy) is 1. The van der Waals surface area contributed by atoms with Crippen LogP contribution in [0.25, 0.3) is 0 Å². The minimum atomic E-state index is 0.579. The lowest BCUT2D eigenvalue weighted by atomic mass is 10.2. The Hall–Kier alpha value is -1.71. The van der Waals surface area contributed by atoms with Gasteiger partial charge in [-0.1, -0.05) is 36.2 Å². The monoisotopic (exact) mass is 322 g/mol. The van der Waals surface area contributed by atoms with Crippen LogP contribution in [-0.4, -0.2) is 12.8 Å². The fraction of sp³-hybridized carbons (Fsp3) is 0.188. The van der Waals surface area contributed by atoms with Gasteiger partial charge in [-0.05, 0) is 48.4 Å². The fourth-order valence-electron chi connectivity index (χ4n) is 1.67. The standard InChI is InChI=1S/C16H16Cl2N2O/c1-2-8-21-16-7-6-12(9-15(16)18)11-19-20-14-5-3-4-13(17)10-14/h3-7,9-11,20H,2,8H2,1H3. The van der Waals surface area contributed by atoms with Crippen LogP contribution in [0.15, 0.2) is 47.6 Å². The van der Waals surface area contributed by atoms with Crippen molar-refractivity contribution in [2.45, 2.75) is 13.3 Å². The highest BCUT2D eigenvalue weighted by Gasteiger charge is 2.01. The van der Waals surface area contributed by atoms with E-state index in [1.807, 2.05) is 36.4 Å². The molecule has 2 rings (SSSR count). The number of rotatable bonds is 6. The fourth-order valence-corrected chi connectivity index (χ4v) is 2.10. The third kappa shape index (κ3) is 4.96. The van der Waals surface area contributed by atoms with Crippen LogP contribution >= 0.6 is 23.2 Å². The molecule has 0 radical (unpaired) electrons. The molecule has 110 valence electrons. The van der Waals surface area contributed by atoms with Crippen LogP contribution in [-0.2, 0) is 0 Å². The van der Waals surface area contributed by atoms with Crippen molar-refractivity contribution in [2.75, 3.05) is 12.0 Å². The quantitative estimate of drug-likeness (QED) is 0.583. The summed E-state index contributed by atoms with van der Waals surface area (Å²) >= 11 is 12.1. The Morgan fingerprint density at radius 1 is 1.19 bits per heavy atom. The van der Waals surface area contributed by atoms with Crippen molar-refractivity contribution in [3.8, 4) is 5.75 Å². The van der Waals surface area contributed by atoms with E-state index in [-0.39, 0.29) is 0 Å². The molecule has 5 heteroatoms. The van der Waals surface area contributed by atoms with E-state index < -0.39 is 0 Å². The zero-order chi connectivity index (χ0) is 15.1. The molecular formula is C16H16Cl2N2O. The molecule has 0 bridgehead atoms. The van der Waals surface area contributed by atoms with Crippen LogP contribution in [0.4, 0.5) is 5.69 Å². The molecule has 0 aromatic heterocycles. The second kappa shape index (κ2) is 7.91. The van der Waals surface area contributed by atoms with E-state index in [1.54, 1.807) is 12.3 Å². The molecule has 0 saturated carbocycles. The van der Waals surface area contributed by atoms with Crippen molar-refractivity contribution in [3.05, 3.63) is 58.1 Å². The van der Waals surface area contributed by atoms with Crippen molar-refractivity contribution in [3.63, 3.8) is 0 Å². The molecule has 0 unspecified atom stereocenters. The zero-order valence-corrected chi connectivity index (χ0v) is 13.2. The summed E-state index contributed by atoms with van der Waals surface area (Å²) in [6.07, 6.45) is 2.64. The highest BCUT2D eigenvalue weighted by molar-refractivity contribution is 6.32. The van der Waals surface area contributed by atoms with Gasteiger partial charge in [0, 0.05) is 5.02 Å². The minimum Gasteiger partial charge on any atom is -0.492 e. The SMILES string of the molecule is CCCOc1ccc(C=NNc2cccc(Cl)c2)cc1Cl. The van der Waals surface area contributed by atoms with E-state index >= 15 is 0 Å². The second-order valence-electron chi connectivity index (χ2n) is 4.42. The molecule has 21 heavy (non-hydrogen) atoms. The van der Waals surface area contributed by atoms with Crippen molar-refractivity contribution in [2.24, 2.45) is 5.10 Å². The largest absolute Gasteiger partial charge is 0.492 e. The van der Waals surface area contributed by atoms with Crippen LogP contribution < -0.4 is 10.2 Å². The zero-order valence-electron chi connectivity index (χ0n) is 11.6. The van der Waals surface area contributed by atoms with E-state index in [0.717, 1.165) is 17.7 Å². The predicted octanol–water partition coefficient (Wildman–Crippen LogP) is 5.23. The number of nitrogens with zero attached hydrogens (tertiary/aromatic N) is 1. The molecule has 2 aromatic rings. The van der Waals surface area contributed by atoms with Gasteiger partial charge in [-0.2, -0.15) is 5.10 Å². The summed E-state index contributed by atoms with van der Waals surface area (Å²) in [5, 5.41) is 5.39. The van der Waals surface area contributed by atoms with Gasteiger partial charge >= 0.3 is 0 Å². The van der Waals surface area contributed by atoms with Crippen molar-refractivity contribution < 1.29 is 4.74 Å². The number of anilines is 1. The average Bonchev–Trinajstić information content (AvgIpc) is 2.46. The van der Waals surface area contributed by atoms with Gasteiger partial charge in [-0.3, -0.25) is 5.43 Å². The van der Waals surface area contributed by atoms with Crippen molar-refractivity contribution in [1.82, 2.24) is 0 Å². The van der Waals surface area contributed by atoms with Crippen LogP contribution in [0, 0.1) is 0 Å². The number of nitrogens with one attached hydrogen (secondary N) is 1. The third-order valence-corrected chi connectivity index (χ3v) is 3.18. The summed E-state index contributed by atoms with van der Waals surface area (Å²) in [4.78, 5) is 0. The van der Waals surface area contributed by atoms with Gasteiger partial charge in [-0.25, -0.2) is 0 Å². The van der Waals surface area contributed by atoms with Crippen molar-refractivity contribution in [1.29, 1.82) is 0 Å². The van der Waals surface area contributed by atoms with Gasteiger partial charge < -0.3 is 4.74 Å². The maximum Gasteiger partial charge on any atom is 0.137 e. The van der Waals surface area contributed by atoms with Crippen LogP contribution in [0.1, 0.15) is 18.9 Å². The first-order valence-corrected chi connectivity index (χ1v) is 7.41. The number of halogens is 2. The van der Waals surface area contributed by atoms with Gasteiger partial charge in [0.25, 0.3) is 0 Å². The molecule has 0 amide bonds. The molecule has 0 spiro atoms. The van der Waals surface area contributed by atoms with E-state index in [4.69, 9.17) is 27.9 Å². The Balaban J connectivity index is 1.99. The Labute approximate surface area is 134 Å². The highest BCUT2D eigenvalue weighted by Crippen LogP contribution is 2.25. The van der Waals surface area contributed by atoms with E-state index in [2.05, 4.69) is 17.5 Å². The normalized spacial score (nSPS) is 10.8. The molecule has 2 aromatic carbocycles. The molecule has 0 fully saturated rings. The topological polar surface area (TPSA) is 33.6 Å². The van der Waals surface area contributed by atoms with E-state index in [1.165, 1.54) is 0 Å². The van der Waals surface area contributed by atoms with Gasteiger partial charge in [0.15, 0.2) is 0 Å². The highest BCUT2D eigenvalue weighted by atomic mass is 35.5. The molecule has 0 heterocycles. The Morgan fingerprint density at radius 3 is 2.76 bits per heavy atom. The van der Waals surface area contributed by atoms with Crippen LogP contribution in [0.3, 0.4) is 0 Å². The molecular weight excluding hydrogens is 307 g/mol. The summed E-state index contributed by atoms with van der Waals surface area (Å²) in [6, 6.07) is 12.9. The summed E-state index contributed by atoms with van der Waals surface area (Å²) < 4.78 is 5.52. The average molecular weight is 323 g/mol. The van der Waals surface area contributed by atoms with Gasteiger partial charge in [0.05, 0.1) is 23.5 Å². The lowest BCUT2D eigenvalue weighted by Crippen LogP contribution is -1.96. The summed E-state index contributed by atoms with van der Waals surface area (Å²) in [5.41, 5.74) is 4.63. The molecule has 1 N–H and O–H groups in total. The Bertz CT molecular complexity index is 629. The minimum absolute atomic E-state index is 0.579. The summed E-state index contributed by atoms with van der Waals surface area (Å²) in [5.74, 6) is 0.693. The number of hydrogen-bond acceptors (Lipinski definition) is 3. The Morgan fingerprint density at radius 2 is 2.05 bits per heavy atom. The van der Waals surface area contributed by atoms with Gasteiger partial charge in [0.1, 0.15) is 5.75 Å². The number of hydrogen-bond donors (Lipinski definition) is 1. The molecule has 0 aliphatic carbocycles. The smallest absolute Gasteiger partial charge is 0.137 e. The maximum atomic E-state index is 6.16. The summed E-state index contributed by atoms with van der Waals surface area (Å²) in [6.45, 7) is 2.71. The van der Waals surface area contributed by atoms with Crippen molar-refractivity contribution >= 4 is 35.1 Å². The summed E-state index contributed by atoms with van der Waals surface area (Å²) in [7, 11) is 0. The lowest BCUT2D eigenvalue weighted by Gasteiger charge is -2.07. The first-order chi connectivity index (χ1) is 10.2. The number of hydrazone groups is 1. The molecule has 3 nitrogen and oxygen atoms in total. The lowest BCUT2D eigenvalue weighted by molar-refractivity contribution is 0.317. The number of benzene rings is 2. The van der Waals surface area contributed by atoms with E-state index in [9.17, 15) is 0 Å². The molecule has 0 atom stereocenters.